The van der Waals surface area contributed by atoms with Crippen LogP contribution in [-0.2, 0) is 36.8 Å². The van der Waals surface area contributed by atoms with Crippen molar-refractivity contribution in [1.82, 2.24) is 25.4 Å². The van der Waals surface area contributed by atoms with Crippen LogP contribution in [0.3, 0.4) is 0 Å². The molecule has 0 aliphatic carbocycles. The summed E-state index contributed by atoms with van der Waals surface area (Å²) in [5.41, 5.74) is 6.63. The maximum atomic E-state index is 14.1. The molecule has 0 saturated carbocycles. The van der Waals surface area contributed by atoms with Crippen LogP contribution >= 0.6 is 11.3 Å². The molecule has 3 rings (SSSR count). The van der Waals surface area contributed by atoms with Gasteiger partial charge in [-0.05, 0) is 75.2 Å². The third kappa shape index (κ3) is 13.5. The SMILES string of the molecule is CCC(C)[C@H](NC(=O)[C@H]1CCCCN1C)C(=O)N(CCCc1nc(C(=O)N[C@@H](Cc2ccc(O)cc2)C[C@H](C)C(N)=O)cs1)COC(=O)CC(C)C. The molecule has 13 nitrogen and oxygen atoms in total. The highest BCUT2D eigenvalue weighted by atomic mass is 32.1. The number of nitrogens with zero attached hydrogens (tertiary/aromatic N) is 3. The number of carbonyl (C=O) groups is 5. The van der Waals surface area contributed by atoms with Crippen molar-refractivity contribution in [2.75, 3.05) is 26.9 Å². The number of hydrogen-bond donors (Lipinski definition) is 4. The number of aryl methyl sites for hydroxylation is 1. The normalized spacial score (nSPS) is 17.1. The molecule has 0 radical (unpaired) electrons. The zero-order chi connectivity index (χ0) is 38.4. The number of aromatic nitrogens is 1. The molecule has 5 atom stereocenters. The fourth-order valence-electron chi connectivity index (χ4n) is 6.18. The quantitative estimate of drug-likeness (QED) is 0.115. The average Bonchev–Trinajstić information content (AvgIpc) is 3.58. The van der Waals surface area contributed by atoms with Crippen molar-refractivity contribution < 1.29 is 33.8 Å². The summed E-state index contributed by atoms with van der Waals surface area (Å²) in [6.07, 6.45) is 5.33. The summed E-state index contributed by atoms with van der Waals surface area (Å²) in [6.45, 7) is 10.3. The highest BCUT2D eigenvalue weighted by Crippen LogP contribution is 2.20. The first-order chi connectivity index (χ1) is 24.7. The third-order valence-corrected chi connectivity index (χ3v) is 10.5. The number of esters is 1. The minimum atomic E-state index is -0.779. The van der Waals surface area contributed by atoms with E-state index in [0.717, 1.165) is 31.4 Å². The number of benzene rings is 1. The van der Waals surface area contributed by atoms with E-state index in [1.165, 1.54) is 16.2 Å². The monoisotopic (exact) mass is 742 g/mol. The summed E-state index contributed by atoms with van der Waals surface area (Å²) in [4.78, 5) is 73.1. The van der Waals surface area contributed by atoms with Crippen molar-refractivity contribution in [2.24, 2.45) is 23.5 Å². The molecule has 1 aliphatic rings. The molecule has 0 spiro atoms. The van der Waals surface area contributed by atoms with Gasteiger partial charge >= 0.3 is 5.97 Å². The molecule has 14 heteroatoms. The zero-order valence-electron chi connectivity index (χ0n) is 31.6. The van der Waals surface area contributed by atoms with E-state index in [1.807, 2.05) is 39.6 Å². The van der Waals surface area contributed by atoms with Crippen molar-refractivity contribution in [3.8, 4) is 5.75 Å². The van der Waals surface area contributed by atoms with Crippen molar-refractivity contribution in [3.05, 3.63) is 45.9 Å². The lowest BCUT2D eigenvalue weighted by Crippen LogP contribution is -2.57. The van der Waals surface area contributed by atoms with E-state index in [9.17, 15) is 29.1 Å². The number of phenolic OH excluding ortho intramolecular Hbond substituents is 1. The smallest absolute Gasteiger partial charge is 0.307 e. The minimum Gasteiger partial charge on any atom is -0.508 e. The van der Waals surface area contributed by atoms with E-state index >= 15 is 0 Å². The van der Waals surface area contributed by atoms with Crippen molar-refractivity contribution >= 4 is 40.9 Å². The Labute approximate surface area is 312 Å². The van der Waals surface area contributed by atoms with Crippen LogP contribution in [0.15, 0.2) is 29.6 Å². The van der Waals surface area contributed by atoms with Gasteiger partial charge in [0.25, 0.3) is 5.91 Å². The first-order valence-electron chi connectivity index (χ1n) is 18.5. The fourth-order valence-corrected chi connectivity index (χ4v) is 7.00. The Hall–Kier alpha value is -4.04. The number of thiazole rings is 1. The molecule has 52 heavy (non-hydrogen) atoms. The zero-order valence-corrected chi connectivity index (χ0v) is 32.4. The lowest BCUT2D eigenvalue weighted by molar-refractivity contribution is -0.155. The molecule has 288 valence electrons. The molecule has 1 fully saturated rings. The Morgan fingerprint density at radius 3 is 2.44 bits per heavy atom. The lowest BCUT2D eigenvalue weighted by Gasteiger charge is -2.35. The summed E-state index contributed by atoms with van der Waals surface area (Å²) in [5, 5.41) is 18.0. The molecule has 1 aromatic heterocycles. The molecule has 0 bridgehead atoms. The summed E-state index contributed by atoms with van der Waals surface area (Å²) in [6, 6.07) is 5.19. The van der Waals surface area contributed by atoms with Crippen LogP contribution in [-0.4, -0.2) is 94.5 Å². The van der Waals surface area contributed by atoms with Crippen molar-refractivity contribution in [2.45, 2.75) is 111 Å². The second-order valence-electron chi connectivity index (χ2n) is 14.5. The van der Waals surface area contributed by atoms with Gasteiger partial charge in [-0.15, -0.1) is 11.3 Å². The van der Waals surface area contributed by atoms with Crippen LogP contribution in [0.5, 0.6) is 5.75 Å². The molecular formula is C38H58N6O7S. The van der Waals surface area contributed by atoms with Crippen molar-refractivity contribution in [1.29, 1.82) is 0 Å². The van der Waals surface area contributed by atoms with Crippen LogP contribution in [0.2, 0.25) is 0 Å². The topological polar surface area (TPSA) is 184 Å². The molecule has 2 aromatic rings. The number of rotatable bonds is 20. The summed E-state index contributed by atoms with van der Waals surface area (Å²) < 4.78 is 5.54. The molecule has 1 unspecified atom stereocenters. The molecule has 5 N–H and O–H groups in total. The second-order valence-corrected chi connectivity index (χ2v) is 15.5. The minimum absolute atomic E-state index is 0.0993. The van der Waals surface area contributed by atoms with Gasteiger partial charge in [0.05, 0.1) is 11.0 Å². The van der Waals surface area contributed by atoms with Gasteiger partial charge in [0.15, 0.2) is 6.73 Å². The lowest BCUT2D eigenvalue weighted by atomic mass is 9.95. The van der Waals surface area contributed by atoms with Crippen LogP contribution in [0.1, 0.15) is 101 Å². The van der Waals surface area contributed by atoms with Gasteiger partial charge < -0.3 is 31.1 Å². The maximum Gasteiger partial charge on any atom is 0.307 e. The average molecular weight is 743 g/mol. The molecular weight excluding hydrogens is 685 g/mol. The van der Waals surface area contributed by atoms with Crippen LogP contribution < -0.4 is 16.4 Å². The predicted molar refractivity (Wildman–Crippen MR) is 200 cm³/mol. The van der Waals surface area contributed by atoms with Crippen LogP contribution in [0, 0.1) is 17.8 Å². The van der Waals surface area contributed by atoms with Crippen LogP contribution in [0.25, 0.3) is 0 Å². The second kappa shape index (κ2) is 20.9. The van der Waals surface area contributed by atoms with Crippen molar-refractivity contribution in [3.63, 3.8) is 0 Å². The Bertz CT molecular complexity index is 1480. The number of nitrogens with two attached hydrogens (primary N) is 1. The summed E-state index contributed by atoms with van der Waals surface area (Å²) in [7, 11) is 1.93. The van der Waals surface area contributed by atoms with Gasteiger partial charge in [0, 0.05) is 36.7 Å². The van der Waals surface area contributed by atoms with E-state index in [-0.39, 0.29) is 66.7 Å². The van der Waals surface area contributed by atoms with Gasteiger partial charge in [-0.2, -0.15) is 0 Å². The molecule has 4 amide bonds. The van der Waals surface area contributed by atoms with Gasteiger partial charge in [0.2, 0.25) is 17.7 Å². The fraction of sp³-hybridized carbons (Fsp3) is 0.632. The highest BCUT2D eigenvalue weighted by molar-refractivity contribution is 7.09. The van der Waals surface area contributed by atoms with Gasteiger partial charge in [-0.3, -0.25) is 28.9 Å². The highest BCUT2D eigenvalue weighted by Gasteiger charge is 2.34. The van der Waals surface area contributed by atoms with E-state index in [4.69, 9.17) is 10.5 Å². The molecule has 1 aromatic carbocycles. The molecule has 1 saturated heterocycles. The van der Waals surface area contributed by atoms with E-state index in [2.05, 4.69) is 15.6 Å². The number of carbonyl (C=O) groups excluding carboxylic acids is 5. The van der Waals surface area contributed by atoms with Crippen LogP contribution in [0.4, 0.5) is 0 Å². The third-order valence-electron chi connectivity index (χ3n) is 9.60. The number of nitrogens with one attached hydrogen (secondary N) is 2. The predicted octanol–water partition coefficient (Wildman–Crippen LogP) is 4.02. The maximum absolute atomic E-state index is 14.1. The number of phenols is 1. The number of aromatic hydroxyl groups is 1. The number of piperidine rings is 1. The Balaban J connectivity index is 1.69. The number of amides is 4. The summed E-state index contributed by atoms with van der Waals surface area (Å²) in [5.74, 6) is -2.09. The summed E-state index contributed by atoms with van der Waals surface area (Å²) >= 11 is 1.33. The Morgan fingerprint density at radius 1 is 1.10 bits per heavy atom. The first kappa shape index (κ1) is 42.4. The Morgan fingerprint density at radius 2 is 1.81 bits per heavy atom. The number of likely N-dealkylation sites (tertiary alicyclic amines) is 1. The first-order valence-corrected chi connectivity index (χ1v) is 19.3. The standard InChI is InChI=1S/C38H58N6O7S/c1-7-25(4)34(42-37(49)31-11-8-9-17-43(31)6)38(50)44(23-51-33(46)19-24(2)3)18-10-12-32-41-30(22-52-32)36(48)40-28(20-26(5)35(39)47)21-27-13-15-29(45)16-14-27/h13-16,22,24-26,28,31,34,45H,7-12,17-21,23H2,1-6H3,(H2,39,47)(H,40,48)(H,42,49)/t25?,26-,28+,31+,34-/m0/s1. The number of hydrogen-bond acceptors (Lipinski definition) is 10. The van der Waals surface area contributed by atoms with E-state index < -0.39 is 29.9 Å². The Kier molecular flexibility index (Phi) is 17.0. The number of ether oxygens (including phenoxy) is 1. The number of likely N-dealkylation sites (N-methyl/N-ethyl adjacent to an activating group) is 1. The number of primary amides is 1. The van der Waals surface area contributed by atoms with Gasteiger partial charge in [0.1, 0.15) is 17.5 Å². The molecule has 1 aliphatic heterocycles. The van der Waals surface area contributed by atoms with E-state index in [0.29, 0.717) is 37.1 Å². The van der Waals surface area contributed by atoms with Gasteiger partial charge in [-0.1, -0.05) is 59.6 Å². The van der Waals surface area contributed by atoms with Gasteiger partial charge in [-0.25, -0.2) is 4.98 Å². The molecule has 2 heterocycles. The largest absolute Gasteiger partial charge is 0.508 e. The van der Waals surface area contributed by atoms with E-state index in [1.54, 1.807) is 36.6 Å².